The van der Waals surface area contributed by atoms with Crippen molar-refractivity contribution in [2.75, 3.05) is 19.5 Å². The zero-order valence-electron chi connectivity index (χ0n) is 11.7. The lowest BCUT2D eigenvalue weighted by Gasteiger charge is -2.12. The average molecular weight is 273 g/mol. The minimum Gasteiger partial charge on any atom is -0.504 e. The molecule has 0 saturated carbocycles. The van der Waals surface area contributed by atoms with Gasteiger partial charge in [-0.2, -0.15) is 0 Å². The Kier molecular flexibility index (Phi) is 4.85. The SMILES string of the molecule is COCc1ccccc1NCc1ccc(OC)c(O)c1. The summed E-state index contributed by atoms with van der Waals surface area (Å²) in [6.45, 7) is 1.19. The molecule has 0 unspecified atom stereocenters. The smallest absolute Gasteiger partial charge is 0.160 e. The molecule has 106 valence electrons. The molecule has 0 heterocycles. The molecule has 0 aliphatic rings. The van der Waals surface area contributed by atoms with Crippen LogP contribution in [-0.4, -0.2) is 19.3 Å². The Balaban J connectivity index is 2.07. The fraction of sp³-hybridized carbons (Fsp3) is 0.250. The van der Waals surface area contributed by atoms with E-state index in [2.05, 4.69) is 5.32 Å². The lowest BCUT2D eigenvalue weighted by molar-refractivity contribution is 0.185. The Bertz CT molecular complexity index is 569. The summed E-state index contributed by atoms with van der Waals surface area (Å²) in [5, 5.41) is 13.1. The van der Waals surface area contributed by atoms with Crippen molar-refractivity contribution in [1.82, 2.24) is 0 Å². The molecular weight excluding hydrogens is 254 g/mol. The van der Waals surface area contributed by atoms with Crippen molar-refractivity contribution >= 4 is 5.69 Å². The molecule has 2 aromatic rings. The zero-order chi connectivity index (χ0) is 14.4. The van der Waals surface area contributed by atoms with Crippen LogP contribution in [0.3, 0.4) is 0 Å². The monoisotopic (exact) mass is 273 g/mol. The van der Waals surface area contributed by atoms with Gasteiger partial charge in [-0.25, -0.2) is 0 Å². The van der Waals surface area contributed by atoms with E-state index in [9.17, 15) is 5.11 Å². The van der Waals surface area contributed by atoms with Gasteiger partial charge in [0, 0.05) is 24.9 Å². The van der Waals surface area contributed by atoms with Gasteiger partial charge in [-0.3, -0.25) is 0 Å². The maximum atomic E-state index is 9.75. The molecule has 0 aromatic heterocycles. The molecule has 2 aromatic carbocycles. The number of nitrogens with one attached hydrogen (secondary N) is 1. The second kappa shape index (κ2) is 6.82. The van der Waals surface area contributed by atoms with Crippen molar-refractivity contribution in [2.45, 2.75) is 13.2 Å². The number of phenolic OH excluding ortho intramolecular Hbond substituents is 1. The van der Waals surface area contributed by atoms with Gasteiger partial charge in [0.2, 0.25) is 0 Å². The number of hydrogen-bond acceptors (Lipinski definition) is 4. The summed E-state index contributed by atoms with van der Waals surface area (Å²) < 4.78 is 10.2. The molecule has 4 heteroatoms. The summed E-state index contributed by atoms with van der Waals surface area (Å²) in [5.74, 6) is 0.630. The third-order valence-electron chi connectivity index (χ3n) is 3.04. The van der Waals surface area contributed by atoms with E-state index in [1.165, 1.54) is 7.11 Å². The van der Waals surface area contributed by atoms with Crippen LogP contribution < -0.4 is 10.1 Å². The Morgan fingerprint density at radius 3 is 2.60 bits per heavy atom. The Hall–Kier alpha value is -2.20. The molecule has 2 rings (SSSR count). The summed E-state index contributed by atoms with van der Waals surface area (Å²) in [6, 6.07) is 13.4. The standard InChI is InChI=1S/C16H19NO3/c1-19-11-13-5-3-4-6-14(13)17-10-12-7-8-16(20-2)15(18)9-12/h3-9,17-18H,10-11H2,1-2H3. The van der Waals surface area contributed by atoms with Crippen LogP contribution in [0.25, 0.3) is 0 Å². The Morgan fingerprint density at radius 2 is 1.90 bits per heavy atom. The Labute approximate surface area is 119 Å². The number of aromatic hydroxyl groups is 1. The number of benzene rings is 2. The molecule has 0 atom stereocenters. The zero-order valence-corrected chi connectivity index (χ0v) is 11.7. The van der Waals surface area contributed by atoms with Crippen molar-refractivity contribution in [1.29, 1.82) is 0 Å². The van der Waals surface area contributed by atoms with E-state index in [0.29, 0.717) is 18.9 Å². The summed E-state index contributed by atoms with van der Waals surface area (Å²) >= 11 is 0. The molecule has 0 aliphatic carbocycles. The van der Waals surface area contributed by atoms with Gasteiger partial charge in [0.1, 0.15) is 0 Å². The fourth-order valence-corrected chi connectivity index (χ4v) is 2.02. The van der Waals surface area contributed by atoms with Gasteiger partial charge >= 0.3 is 0 Å². The normalized spacial score (nSPS) is 10.3. The number of phenols is 1. The van der Waals surface area contributed by atoms with Gasteiger partial charge in [-0.05, 0) is 23.8 Å². The highest BCUT2D eigenvalue weighted by atomic mass is 16.5. The van der Waals surface area contributed by atoms with Crippen molar-refractivity contribution in [3.05, 3.63) is 53.6 Å². The van der Waals surface area contributed by atoms with E-state index < -0.39 is 0 Å². The van der Waals surface area contributed by atoms with Gasteiger partial charge < -0.3 is 19.9 Å². The average Bonchev–Trinajstić information content (AvgIpc) is 2.47. The second-order valence-electron chi connectivity index (χ2n) is 4.45. The highest BCUT2D eigenvalue weighted by Gasteiger charge is 2.04. The summed E-state index contributed by atoms with van der Waals surface area (Å²) in [7, 11) is 3.21. The van der Waals surface area contributed by atoms with E-state index in [-0.39, 0.29) is 5.75 Å². The highest BCUT2D eigenvalue weighted by molar-refractivity contribution is 5.51. The molecule has 0 fully saturated rings. The van der Waals surface area contributed by atoms with Crippen molar-refractivity contribution in [3.8, 4) is 11.5 Å². The van der Waals surface area contributed by atoms with Gasteiger partial charge in [-0.15, -0.1) is 0 Å². The van der Waals surface area contributed by atoms with Crippen LogP contribution in [0.15, 0.2) is 42.5 Å². The maximum absolute atomic E-state index is 9.75. The Morgan fingerprint density at radius 1 is 1.10 bits per heavy atom. The number of hydrogen-bond donors (Lipinski definition) is 2. The van der Waals surface area contributed by atoms with Crippen molar-refractivity contribution in [2.24, 2.45) is 0 Å². The van der Waals surface area contributed by atoms with Crippen LogP contribution in [-0.2, 0) is 17.9 Å². The predicted molar refractivity (Wildman–Crippen MR) is 79.1 cm³/mol. The number of methoxy groups -OCH3 is 2. The molecule has 0 bridgehead atoms. The molecule has 0 radical (unpaired) electrons. The quantitative estimate of drug-likeness (QED) is 0.849. The molecule has 4 nitrogen and oxygen atoms in total. The van der Waals surface area contributed by atoms with Crippen LogP contribution in [0.1, 0.15) is 11.1 Å². The summed E-state index contributed by atoms with van der Waals surface area (Å²) in [5.41, 5.74) is 3.12. The molecule has 0 saturated heterocycles. The molecule has 2 N–H and O–H groups in total. The lowest BCUT2D eigenvalue weighted by Crippen LogP contribution is -2.03. The van der Waals surface area contributed by atoms with Gasteiger partial charge in [-0.1, -0.05) is 24.3 Å². The predicted octanol–water partition coefficient (Wildman–Crippen LogP) is 3.16. The van der Waals surface area contributed by atoms with Crippen molar-refractivity contribution < 1.29 is 14.6 Å². The number of anilines is 1. The topological polar surface area (TPSA) is 50.7 Å². The lowest BCUT2D eigenvalue weighted by atomic mass is 10.1. The van der Waals surface area contributed by atoms with E-state index in [4.69, 9.17) is 9.47 Å². The van der Waals surface area contributed by atoms with Crippen molar-refractivity contribution in [3.63, 3.8) is 0 Å². The van der Waals surface area contributed by atoms with Crippen LogP contribution in [0, 0.1) is 0 Å². The molecule has 0 amide bonds. The minimum absolute atomic E-state index is 0.150. The molecule has 0 spiro atoms. The number of rotatable bonds is 6. The van der Waals surface area contributed by atoms with E-state index >= 15 is 0 Å². The van der Waals surface area contributed by atoms with Gasteiger partial charge in [0.05, 0.1) is 13.7 Å². The van der Waals surface area contributed by atoms with Crippen LogP contribution in [0.4, 0.5) is 5.69 Å². The van der Waals surface area contributed by atoms with E-state index in [1.54, 1.807) is 19.2 Å². The largest absolute Gasteiger partial charge is 0.504 e. The molecule has 0 aliphatic heterocycles. The van der Waals surface area contributed by atoms with Crippen LogP contribution in [0.2, 0.25) is 0 Å². The van der Waals surface area contributed by atoms with Gasteiger partial charge in [0.15, 0.2) is 11.5 Å². The maximum Gasteiger partial charge on any atom is 0.160 e. The number of ether oxygens (including phenoxy) is 2. The van der Waals surface area contributed by atoms with Gasteiger partial charge in [0.25, 0.3) is 0 Å². The summed E-state index contributed by atoms with van der Waals surface area (Å²) in [4.78, 5) is 0. The summed E-state index contributed by atoms with van der Waals surface area (Å²) in [6.07, 6.45) is 0. The second-order valence-corrected chi connectivity index (χ2v) is 4.45. The third-order valence-corrected chi connectivity index (χ3v) is 3.04. The first-order valence-electron chi connectivity index (χ1n) is 6.41. The highest BCUT2D eigenvalue weighted by Crippen LogP contribution is 2.26. The third kappa shape index (κ3) is 3.42. The first-order valence-corrected chi connectivity index (χ1v) is 6.41. The van der Waals surface area contributed by atoms with Crippen LogP contribution in [0.5, 0.6) is 11.5 Å². The van der Waals surface area contributed by atoms with E-state index in [0.717, 1.165) is 16.8 Å². The minimum atomic E-state index is 0.150. The fourth-order valence-electron chi connectivity index (χ4n) is 2.02. The molecular formula is C16H19NO3. The molecule has 20 heavy (non-hydrogen) atoms. The number of para-hydroxylation sites is 1. The first kappa shape index (κ1) is 14.2. The van der Waals surface area contributed by atoms with Crippen LogP contribution >= 0.6 is 0 Å². The first-order chi connectivity index (χ1) is 9.74. The van der Waals surface area contributed by atoms with E-state index in [1.807, 2.05) is 30.3 Å².